The zero-order valence-electron chi connectivity index (χ0n) is 7.42. The van der Waals surface area contributed by atoms with Gasteiger partial charge in [-0.2, -0.15) is 0 Å². The van der Waals surface area contributed by atoms with E-state index in [1.54, 1.807) is 0 Å². The molecule has 1 N–H and O–H groups in total. The van der Waals surface area contributed by atoms with E-state index in [9.17, 15) is 0 Å². The van der Waals surface area contributed by atoms with Crippen molar-refractivity contribution in [2.75, 3.05) is 19.7 Å². The lowest BCUT2D eigenvalue weighted by atomic mass is 10.0. The summed E-state index contributed by atoms with van der Waals surface area (Å²) in [6.45, 7) is 4.94. The predicted octanol–water partition coefficient (Wildman–Crippen LogP) is 1.24. The van der Waals surface area contributed by atoms with Crippen molar-refractivity contribution in [3.63, 3.8) is 0 Å². The quantitative estimate of drug-likeness (QED) is 0.666. The van der Waals surface area contributed by atoms with Crippen molar-refractivity contribution in [1.82, 2.24) is 4.90 Å². The van der Waals surface area contributed by atoms with E-state index in [2.05, 4.69) is 11.8 Å². The van der Waals surface area contributed by atoms with Gasteiger partial charge in [-0.25, -0.2) is 0 Å². The summed E-state index contributed by atoms with van der Waals surface area (Å²) in [4.78, 5) is 2.49. The summed E-state index contributed by atoms with van der Waals surface area (Å²) in [6.07, 6.45) is 5.00. The van der Waals surface area contributed by atoms with Gasteiger partial charge < -0.3 is 10.0 Å². The lowest BCUT2D eigenvalue weighted by molar-refractivity contribution is 0.145. The highest BCUT2D eigenvalue weighted by molar-refractivity contribution is 4.72. The molecule has 1 saturated heterocycles. The van der Waals surface area contributed by atoms with Crippen molar-refractivity contribution >= 4 is 0 Å². The van der Waals surface area contributed by atoms with Crippen molar-refractivity contribution in [3.8, 4) is 0 Å². The van der Waals surface area contributed by atoms with Gasteiger partial charge in [0.15, 0.2) is 0 Å². The van der Waals surface area contributed by atoms with Gasteiger partial charge in [-0.1, -0.05) is 6.42 Å². The number of hydrogen-bond acceptors (Lipinski definition) is 2. The number of aliphatic hydroxyl groups is 1. The van der Waals surface area contributed by atoms with Crippen LogP contribution >= 0.6 is 0 Å². The second-order valence-corrected chi connectivity index (χ2v) is 3.46. The number of hydrogen-bond donors (Lipinski definition) is 1. The van der Waals surface area contributed by atoms with E-state index in [1.165, 1.54) is 25.8 Å². The Morgan fingerprint density at radius 1 is 1.45 bits per heavy atom. The number of rotatable bonds is 3. The largest absolute Gasteiger partial charge is 0.396 e. The van der Waals surface area contributed by atoms with E-state index in [0.717, 1.165) is 19.0 Å². The van der Waals surface area contributed by atoms with Crippen LogP contribution in [0.4, 0.5) is 0 Å². The Bertz CT molecular complexity index is 106. The topological polar surface area (TPSA) is 23.5 Å². The number of aliphatic hydroxyl groups excluding tert-OH is 1. The molecule has 0 radical (unpaired) electrons. The first-order valence-corrected chi connectivity index (χ1v) is 4.69. The Hall–Kier alpha value is -0.0800. The average Bonchev–Trinajstić information content (AvgIpc) is 2.03. The van der Waals surface area contributed by atoms with Crippen LogP contribution in [-0.2, 0) is 0 Å². The van der Waals surface area contributed by atoms with E-state index in [-0.39, 0.29) is 0 Å². The third-order valence-electron chi connectivity index (χ3n) is 2.54. The smallest absolute Gasteiger partial charge is 0.0443 e. The molecule has 11 heavy (non-hydrogen) atoms. The summed E-state index contributed by atoms with van der Waals surface area (Å²) in [6, 6.07) is 0.746. The fraction of sp³-hybridized carbons (Fsp3) is 1.00. The summed E-state index contributed by atoms with van der Waals surface area (Å²) in [7, 11) is 0. The highest BCUT2D eigenvalue weighted by Gasteiger charge is 2.16. The molecule has 0 aliphatic carbocycles. The molecule has 2 heteroatoms. The highest BCUT2D eigenvalue weighted by atomic mass is 16.3. The van der Waals surface area contributed by atoms with Gasteiger partial charge in [-0.15, -0.1) is 0 Å². The Kier molecular flexibility index (Phi) is 3.87. The minimum Gasteiger partial charge on any atom is -0.396 e. The summed E-state index contributed by atoms with van der Waals surface area (Å²) < 4.78 is 0. The molecule has 1 heterocycles. The van der Waals surface area contributed by atoms with E-state index in [0.29, 0.717) is 6.61 Å². The van der Waals surface area contributed by atoms with Crippen LogP contribution in [0.2, 0.25) is 0 Å². The van der Waals surface area contributed by atoms with Crippen molar-refractivity contribution in [3.05, 3.63) is 0 Å². The monoisotopic (exact) mass is 157 g/mol. The van der Waals surface area contributed by atoms with Crippen LogP contribution in [0.5, 0.6) is 0 Å². The van der Waals surface area contributed by atoms with E-state index < -0.39 is 0 Å². The SMILES string of the molecule is CC1CCCCN1CCCO. The minimum absolute atomic E-state index is 0.337. The average molecular weight is 157 g/mol. The van der Waals surface area contributed by atoms with Gasteiger partial charge in [0.05, 0.1) is 0 Å². The van der Waals surface area contributed by atoms with Gasteiger partial charge in [0, 0.05) is 19.2 Å². The Labute approximate surface area is 69.2 Å². The van der Waals surface area contributed by atoms with Crippen LogP contribution in [0, 0.1) is 0 Å². The van der Waals surface area contributed by atoms with E-state index in [1.807, 2.05) is 0 Å². The van der Waals surface area contributed by atoms with Crippen LogP contribution in [0.1, 0.15) is 32.6 Å². The molecular weight excluding hydrogens is 138 g/mol. The van der Waals surface area contributed by atoms with E-state index in [4.69, 9.17) is 5.11 Å². The lowest BCUT2D eigenvalue weighted by Crippen LogP contribution is -2.38. The maximum absolute atomic E-state index is 8.66. The molecule has 0 amide bonds. The first kappa shape index (κ1) is 9.01. The summed E-state index contributed by atoms with van der Waals surface area (Å²) in [5.41, 5.74) is 0. The third-order valence-corrected chi connectivity index (χ3v) is 2.54. The zero-order chi connectivity index (χ0) is 8.10. The molecule has 1 fully saturated rings. The molecular formula is C9H19NO. The van der Waals surface area contributed by atoms with Gasteiger partial charge in [0.25, 0.3) is 0 Å². The fourth-order valence-corrected chi connectivity index (χ4v) is 1.76. The number of likely N-dealkylation sites (tertiary alicyclic amines) is 1. The van der Waals surface area contributed by atoms with Gasteiger partial charge >= 0.3 is 0 Å². The zero-order valence-corrected chi connectivity index (χ0v) is 7.42. The standard InChI is InChI=1S/C9H19NO/c1-9-5-2-3-6-10(9)7-4-8-11/h9,11H,2-8H2,1H3. The number of nitrogens with zero attached hydrogens (tertiary/aromatic N) is 1. The Morgan fingerprint density at radius 2 is 2.27 bits per heavy atom. The Balaban J connectivity index is 2.18. The molecule has 1 unspecified atom stereocenters. The third kappa shape index (κ3) is 2.80. The molecule has 0 spiro atoms. The van der Waals surface area contributed by atoms with Crippen molar-refractivity contribution in [1.29, 1.82) is 0 Å². The molecule has 0 aromatic carbocycles. The van der Waals surface area contributed by atoms with Crippen molar-refractivity contribution in [2.45, 2.75) is 38.6 Å². The van der Waals surface area contributed by atoms with Crippen molar-refractivity contribution in [2.24, 2.45) is 0 Å². The normalized spacial score (nSPS) is 27.3. The highest BCUT2D eigenvalue weighted by Crippen LogP contribution is 2.15. The molecule has 2 nitrogen and oxygen atoms in total. The molecule has 0 aromatic rings. The molecule has 1 atom stereocenters. The molecule has 1 aliphatic rings. The van der Waals surface area contributed by atoms with Crippen LogP contribution < -0.4 is 0 Å². The summed E-state index contributed by atoms with van der Waals surface area (Å²) >= 11 is 0. The molecule has 1 rings (SSSR count). The van der Waals surface area contributed by atoms with Gasteiger partial charge in [0.1, 0.15) is 0 Å². The fourth-order valence-electron chi connectivity index (χ4n) is 1.76. The van der Waals surface area contributed by atoms with Gasteiger partial charge in [0.2, 0.25) is 0 Å². The maximum atomic E-state index is 8.66. The lowest BCUT2D eigenvalue weighted by Gasteiger charge is -2.33. The first-order chi connectivity index (χ1) is 5.34. The van der Waals surface area contributed by atoms with Gasteiger partial charge in [-0.3, -0.25) is 0 Å². The van der Waals surface area contributed by atoms with Crippen LogP contribution in [-0.4, -0.2) is 35.7 Å². The van der Waals surface area contributed by atoms with E-state index >= 15 is 0 Å². The Morgan fingerprint density at radius 3 is 2.91 bits per heavy atom. The molecule has 0 bridgehead atoms. The summed E-state index contributed by atoms with van der Waals surface area (Å²) in [5.74, 6) is 0. The molecule has 0 saturated carbocycles. The predicted molar refractivity (Wildman–Crippen MR) is 46.6 cm³/mol. The van der Waals surface area contributed by atoms with Crippen LogP contribution in [0.15, 0.2) is 0 Å². The second kappa shape index (κ2) is 4.73. The molecule has 66 valence electrons. The second-order valence-electron chi connectivity index (χ2n) is 3.46. The molecule has 1 aliphatic heterocycles. The maximum Gasteiger partial charge on any atom is 0.0443 e. The van der Waals surface area contributed by atoms with Crippen LogP contribution in [0.3, 0.4) is 0 Å². The van der Waals surface area contributed by atoms with Crippen LogP contribution in [0.25, 0.3) is 0 Å². The first-order valence-electron chi connectivity index (χ1n) is 4.69. The summed E-state index contributed by atoms with van der Waals surface area (Å²) in [5, 5.41) is 8.66. The van der Waals surface area contributed by atoms with Crippen molar-refractivity contribution < 1.29 is 5.11 Å². The number of piperidine rings is 1. The van der Waals surface area contributed by atoms with Gasteiger partial charge in [-0.05, 0) is 32.7 Å². The molecule has 0 aromatic heterocycles. The minimum atomic E-state index is 0.337.